The van der Waals surface area contributed by atoms with E-state index in [1.165, 1.54) is 0 Å². The van der Waals surface area contributed by atoms with Gasteiger partial charge in [-0.2, -0.15) is 5.10 Å². The normalized spacial score (nSPS) is 10.6. The molecule has 1 heterocycles. The largest absolute Gasteiger partial charge is 0.288 e. The van der Waals surface area contributed by atoms with E-state index in [0.29, 0.717) is 16.1 Å². The maximum Gasteiger partial charge on any atom is 0.196 e. The predicted molar refractivity (Wildman–Crippen MR) is 80.1 cm³/mol. The fraction of sp³-hybridized carbons (Fsp3) is 0.231. The number of halogens is 2. The lowest BCUT2D eigenvalue weighted by Gasteiger charge is -2.01. The highest BCUT2D eigenvalue weighted by Gasteiger charge is 2.12. The minimum Gasteiger partial charge on any atom is -0.288 e. The molecule has 0 aliphatic rings. The Morgan fingerprint density at radius 2 is 2.22 bits per heavy atom. The summed E-state index contributed by atoms with van der Waals surface area (Å²) >= 11 is 8.15. The number of aromatic nitrogens is 2. The Labute approximate surface area is 124 Å². The molecule has 0 unspecified atom stereocenters. The zero-order valence-corrected chi connectivity index (χ0v) is 12.8. The van der Waals surface area contributed by atoms with Crippen molar-refractivity contribution in [2.45, 2.75) is 19.9 Å². The Hall–Kier alpha value is -0.880. The van der Waals surface area contributed by atoms with Gasteiger partial charge in [-0.3, -0.25) is 9.48 Å². The zero-order valence-electron chi connectivity index (χ0n) is 9.86. The monoisotopic (exact) mass is 374 g/mol. The molecule has 0 saturated carbocycles. The third-order valence-electron chi connectivity index (χ3n) is 2.53. The number of hydrogen-bond donors (Lipinski definition) is 0. The maximum atomic E-state index is 12.2. The molecule has 0 fully saturated rings. The smallest absolute Gasteiger partial charge is 0.196 e. The molecule has 5 heteroatoms. The van der Waals surface area contributed by atoms with Crippen molar-refractivity contribution < 1.29 is 4.79 Å². The lowest BCUT2D eigenvalue weighted by atomic mass is 10.1. The molecule has 0 saturated heterocycles. The van der Waals surface area contributed by atoms with Crippen molar-refractivity contribution in [2.24, 2.45) is 0 Å². The molecule has 0 radical (unpaired) electrons. The van der Waals surface area contributed by atoms with Crippen LogP contribution in [0.25, 0.3) is 0 Å². The molecule has 0 aliphatic carbocycles. The highest BCUT2D eigenvalue weighted by Crippen LogP contribution is 2.21. The number of carbonyl (C=O) groups is 1. The summed E-state index contributed by atoms with van der Waals surface area (Å²) in [6, 6.07) is 5.32. The van der Waals surface area contributed by atoms with Gasteiger partial charge in [0.15, 0.2) is 5.78 Å². The molecule has 0 bridgehead atoms. The maximum absolute atomic E-state index is 12.2. The number of carbonyl (C=O) groups excluding carboxylic acids is 1. The van der Waals surface area contributed by atoms with Crippen molar-refractivity contribution in [3.05, 3.63) is 50.3 Å². The van der Waals surface area contributed by atoms with Gasteiger partial charge in [0.2, 0.25) is 0 Å². The second kappa shape index (κ2) is 5.84. The number of benzene rings is 1. The molecule has 18 heavy (non-hydrogen) atoms. The highest BCUT2D eigenvalue weighted by molar-refractivity contribution is 14.1. The molecule has 0 N–H and O–H groups in total. The van der Waals surface area contributed by atoms with Crippen LogP contribution in [0.2, 0.25) is 5.02 Å². The van der Waals surface area contributed by atoms with Gasteiger partial charge >= 0.3 is 0 Å². The van der Waals surface area contributed by atoms with Crippen LogP contribution in [-0.2, 0) is 6.54 Å². The van der Waals surface area contributed by atoms with Crippen LogP contribution < -0.4 is 0 Å². The Morgan fingerprint density at radius 1 is 1.44 bits per heavy atom. The second-order valence-corrected chi connectivity index (χ2v) is 5.52. The first kappa shape index (κ1) is 13.5. The summed E-state index contributed by atoms with van der Waals surface area (Å²) in [7, 11) is 0. The summed E-state index contributed by atoms with van der Waals surface area (Å²) < 4.78 is 2.72. The number of ketones is 1. The molecule has 2 rings (SSSR count). The van der Waals surface area contributed by atoms with Crippen LogP contribution in [0.5, 0.6) is 0 Å². The van der Waals surface area contributed by atoms with Crippen molar-refractivity contribution in [1.29, 1.82) is 0 Å². The van der Waals surface area contributed by atoms with E-state index in [2.05, 4.69) is 34.6 Å². The van der Waals surface area contributed by atoms with Crippen molar-refractivity contribution in [2.75, 3.05) is 0 Å². The molecule has 0 aliphatic heterocycles. The Kier molecular flexibility index (Phi) is 4.40. The topological polar surface area (TPSA) is 34.9 Å². The average molecular weight is 375 g/mol. The van der Waals surface area contributed by atoms with Gasteiger partial charge in [0.05, 0.1) is 16.8 Å². The quantitative estimate of drug-likeness (QED) is 0.603. The summed E-state index contributed by atoms with van der Waals surface area (Å²) in [5.74, 6) is -0.0457. The molecular formula is C13H12ClIN2O. The van der Waals surface area contributed by atoms with Crippen molar-refractivity contribution in [3.63, 3.8) is 0 Å². The molecule has 1 aromatic heterocycles. The van der Waals surface area contributed by atoms with E-state index in [1.807, 2.05) is 6.07 Å². The highest BCUT2D eigenvalue weighted by atomic mass is 127. The van der Waals surface area contributed by atoms with Gasteiger partial charge in [-0.15, -0.1) is 0 Å². The van der Waals surface area contributed by atoms with E-state index in [-0.39, 0.29) is 5.78 Å². The van der Waals surface area contributed by atoms with E-state index in [9.17, 15) is 4.79 Å². The van der Waals surface area contributed by atoms with Crippen molar-refractivity contribution in [1.82, 2.24) is 9.78 Å². The van der Waals surface area contributed by atoms with E-state index < -0.39 is 0 Å². The van der Waals surface area contributed by atoms with Gasteiger partial charge in [-0.1, -0.05) is 18.5 Å². The van der Waals surface area contributed by atoms with E-state index in [4.69, 9.17) is 11.6 Å². The van der Waals surface area contributed by atoms with Crippen LogP contribution in [0.1, 0.15) is 29.3 Å². The fourth-order valence-corrected chi connectivity index (χ4v) is 2.15. The Morgan fingerprint density at radius 3 is 2.89 bits per heavy atom. The lowest BCUT2D eigenvalue weighted by molar-refractivity contribution is 0.103. The zero-order chi connectivity index (χ0) is 13.1. The van der Waals surface area contributed by atoms with E-state index in [0.717, 1.165) is 16.5 Å². The summed E-state index contributed by atoms with van der Waals surface area (Å²) in [5, 5.41) is 4.75. The van der Waals surface area contributed by atoms with Crippen LogP contribution in [0.15, 0.2) is 30.6 Å². The lowest BCUT2D eigenvalue weighted by Crippen LogP contribution is -2.01. The summed E-state index contributed by atoms with van der Waals surface area (Å²) in [6.07, 6.45) is 4.37. The van der Waals surface area contributed by atoms with Crippen LogP contribution in [0, 0.1) is 3.57 Å². The summed E-state index contributed by atoms with van der Waals surface area (Å²) in [6.45, 7) is 2.89. The van der Waals surface area contributed by atoms with Gasteiger partial charge in [0, 0.05) is 21.9 Å². The van der Waals surface area contributed by atoms with Crippen molar-refractivity contribution >= 4 is 40.0 Å². The number of aryl methyl sites for hydroxylation is 1. The standard InChI is InChI=1S/C13H12ClIN2O/c1-2-5-17-8-10(7-16-17)13(18)9-3-4-12(15)11(14)6-9/h3-4,6-8H,2,5H2,1H3. The Bertz CT molecular complexity index is 580. The van der Waals surface area contributed by atoms with Crippen LogP contribution in [-0.4, -0.2) is 15.6 Å². The number of hydrogen-bond acceptors (Lipinski definition) is 2. The van der Waals surface area contributed by atoms with Crippen LogP contribution in [0.4, 0.5) is 0 Å². The molecule has 0 atom stereocenters. The third-order valence-corrected chi connectivity index (χ3v) is 4.10. The number of nitrogens with zero attached hydrogens (tertiary/aromatic N) is 2. The van der Waals surface area contributed by atoms with Crippen LogP contribution in [0.3, 0.4) is 0 Å². The van der Waals surface area contributed by atoms with Gasteiger partial charge in [-0.25, -0.2) is 0 Å². The van der Waals surface area contributed by atoms with E-state index in [1.54, 1.807) is 29.2 Å². The predicted octanol–water partition coefficient (Wildman–Crippen LogP) is 3.78. The molecule has 3 nitrogen and oxygen atoms in total. The molecule has 0 spiro atoms. The SMILES string of the molecule is CCCn1cc(C(=O)c2ccc(I)c(Cl)c2)cn1. The summed E-state index contributed by atoms with van der Waals surface area (Å²) in [5.41, 5.74) is 1.19. The molecule has 2 aromatic rings. The number of rotatable bonds is 4. The average Bonchev–Trinajstić information content (AvgIpc) is 2.81. The summed E-state index contributed by atoms with van der Waals surface area (Å²) in [4.78, 5) is 12.2. The Balaban J connectivity index is 2.26. The first-order chi connectivity index (χ1) is 8.61. The van der Waals surface area contributed by atoms with Gasteiger partial charge in [-0.05, 0) is 47.2 Å². The molecule has 1 aromatic carbocycles. The van der Waals surface area contributed by atoms with E-state index >= 15 is 0 Å². The first-order valence-electron chi connectivity index (χ1n) is 5.64. The van der Waals surface area contributed by atoms with Gasteiger partial charge in [0.1, 0.15) is 0 Å². The minimum absolute atomic E-state index is 0.0457. The van der Waals surface area contributed by atoms with Gasteiger partial charge < -0.3 is 0 Å². The second-order valence-electron chi connectivity index (χ2n) is 3.95. The van der Waals surface area contributed by atoms with Gasteiger partial charge in [0.25, 0.3) is 0 Å². The molecule has 0 amide bonds. The fourth-order valence-electron chi connectivity index (χ4n) is 1.64. The molecule has 94 valence electrons. The first-order valence-corrected chi connectivity index (χ1v) is 7.09. The third kappa shape index (κ3) is 2.92. The molecular weight excluding hydrogens is 363 g/mol. The van der Waals surface area contributed by atoms with Crippen LogP contribution >= 0.6 is 34.2 Å². The van der Waals surface area contributed by atoms with Crippen molar-refractivity contribution in [3.8, 4) is 0 Å². The minimum atomic E-state index is -0.0457.